The monoisotopic (exact) mass is 216 g/mol. The molecule has 80 valence electrons. The Kier molecular flexibility index (Phi) is 3.51. The van der Waals surface area contributed by atoms with E-state index < -0.39 is 15.3 Å². The van der Waals surface area contributed by atoms with Gasteiger partial charge in [0.05, 0.1) is 6.07 Å². The second-order valence-corrected chi connectivity index (χ2v) is 5.57. The minimum atomic E-state index is -3.38. The molecule has 0 aromatic carbocycles. The summed E-state index contributed by atoms with van der Waals surface area (Å²) in [6.45, 7) is 4.03. The standard InChI is InChI=1S/C9H16N2O2S/c1-3-9(7-10)14(12,13)11(4-2)8-5-6-8/h8-9H,3-6H2,1-2H3. The molecular weight excluding hydrogens is 200 g/mol. The fourth-order valence-electron chi connectivity index (χ4n) is 1.54. The number of nitrogens with zero attached hydrogens (tertiary/aromatic N) is 2. The lowest BCUT2D eigenvalue weighted by Gasteiger charge is -2.22. The Bertz CT molecular complexity index is 327. The van der Waals surface area contributed by atoms with Crippen molar-refractivity contribution < 1.29 is 8.42 Å². The van der Waals surface area contributed by atoms with Gasteiger partial charge in [-0.25, -0.2) is 8.42 Å². The topological polar surface area (TPSA) is 61.2 Å². The first-order chi connectivity index (χ1) is 6.57. The van der Waals surface area contributed by atoms with E-state index in [9.17, 15) is 8.42 Å². The van der Waals surface area contributed by atoms with Crippen LogP contribution < -0.4 is 0 Å². The lowest BCUT2D eigenvalue weighted by molar-refractivity contribution is 0.416. The first-order valence-corrected chi connectivity index (χ1v) is 6.48. The molecule has 0 bridgehead atoms. The Labute approximate surface area is 85.6 Å². The molecular formula is C9H16N2O2S. The summed E-state index contributed by atoms with van der Waals surface area (Å²) in [5.41, 5.74) is 0. The molecule has 1 atom stereocenters. The van der Waals surface area contributed by atoms with Gasteiger partial charge in [-0.05, 0) is 19.3 Å². The Hall–Kier alpha value is -0.600. The molecule has 0 saturated heterocycles. The molecule has 1 fully saturated rings. The van der Waals surface area contributed by atoms with Crippen molar-refractivity contribution in [3.8, 4) is 6.07 Å². The van der Waals surface area contributed by atoms with E-state index in [1.807, 2.05) is 13.0 Å². The predicted octanol–water partition coefficient (Wildman–Crippen LogP) is 1.10. The van der Waals surface area contributed by atoms with Crippen molar-refractivity contribution in [1.29, 1.82) is 5.26 Å². The van der Waals surface area contributed by atoms with E-state index in [1.54, 1.807) is 6.92 Å². The van der Waals surface area contributed by atoms with Crippen molar-refractivity contribution in [1.82, 2.24) is 4.31 Å². The summed E-state index contributed by atoms with van der Waals surface area (Å²) in [5.74, 6) is 0. The fraction of sp³-hybridized carbons (Fsp3) is 0.889. The van der Waals surface area contributed by atoms with E-state index in [0.29, 0.717) is 13.0 Å². The highest BCUT2D eigenvalue weighted by atomic mass is 32.2. The average Bonchev–Trinajstić information content (AvgIpc) is 2.90. The van der Waals surface area contributed by atoms with Gasteiger partial charge in [-0.3, -0.25) is 0 Å². The molecule has 0 radical (unpaired) electrons. The number of nitriles is 1. The van der Waals surface area contributed by atoms with E-state index in [-0.39, 0.29) is 6.04 Å². The largest absolute Gasteiger partial charge is 0.230 e. The third-order valence-corrected chi connectivity index (χ3v) is 4.83. The maximum Gasteiger partial charge on any atom is 0.230 e. The van der Waals surface area contributed by atoms with Gasteiger partial charge in [0.1, 0.15) is 0 Å². The average molecular weight is 216 g/mol. The van der Waals surface area contributed by atoms with Crippen LogP contribution in [-0.4, -0.2) is 30.6 Å². The summed E-state index contributed by atoms with van der Waals surface area (Å²) in [5, 5.41) is 7.88. The first kappa shape index (κ1) is 11.5. The van der Waals surface area contributed by atoms with Crippen LogP contribution in [0.4, 0.5) is 0 Å². The smallest absolute Gasteiger partial charge is 0.211 e. The molecule has 0 aromatic rings. The minimum Gasteiger partial charge on any atom is -0.211 e. The van der Waals surface area contributed by atoms with E-state index in [2.05, 4.69) is 0 Å². The van der Waals surface area contributed by atoms with Gasteiger partial charge in [0.25, 0.3) is 0 Å². The van der Waals surface area contributed by atoms with Gasteiger partial charge in [-0.1, -0.05) is 13.8 Å². The van der Waals surface area contributed by atoms with Crippen LogP contribution >= 0.6 is 0 Å². The molecule has 0 N–H and O–H groups in total. The van der Waals surface area contributed by atoms with Crippen LogP contribution in [-0.2, 0) is 10.0 Å². The summed E-state index contributed by atoms with van der Waals surface area (Å²) in [6, 6.07) is 2.02. The quantitative estimate of drug-likeness (QED) is 0.691. The molecule has 4 nitrogen and oxygen atoms in total. The molecule has 5 heteroatoms. The zero-order valence-electron chi connectivity index (χ0n) is 8.60. The van der Waals surface area contributed by atoms with Gasteiger partial charge in [0, 0.05) is 12.6 Å². The summed E-state index contributed by atoms with van der Waals surface area (Å²) in [6.07, 6.45) is 2.24. The molecule has 0 aromatic heterocycles. The fourth-order valence-corrected chi connectivity index (χ4v) is 3.41. The van der Waals surface area contributed by atoms with Crippen LogP contribution in [0.1, 0.15) is 33.1 Å². The lowest BCUT2D eigenvalue weighted by Crippen LogP contribution is -2.39. The Morgan fingerprint density at radius 1 is 1.50 bits per heavy atom. The zero-order chi connectivity index (χ0) is 10.8. The van der Waals surface area contributed by atoms with Crippen molar-refractivity contribution in [2.75, 3.05) is 6.54 Å². The first-order valence-electron chi connectivity index (χ1n) is 4.98. The summed E-state index contributed by atoms with van der Waals surface area (Å²) in [4.78, 5) is 0. The van der Waals surface area contributed by atoms with E-state index in [0.717, 1.165) is 12.8 Å². The number of sulfonamides is 1. The molecule has 1 aliphatic carbocycles. The minimum absolute atomic E-state index is 0.160. The summed E-state index contributed by atoms with van der Waals surface area (Å²) in [7, 11) is -3.38. The molecule has 0 aliphatic heterocycles. The molecule has 0 amide bonds. The van der Waals surface area contributed by atoms with Gasteiger partial charge in [-0.15, -0.1) is 0 Å². The second kappa shape index (κ2) is 4.28. The number of hydrogen-bond donors (Lipinski definition) is 0. The molecule has 0 spiro atoms. The Morgan fingerprint density at radius 3 is 2.36 bits per heavy atom. The highest BCUT2D eigenvalue weighted by Gasteiger charge is 2.39. The molecule has 1 unspecified atom stereocenters. The number of rotatable bonds is 5. The van der Waals surface area contributed by atoms with Crippen LogP contribution in [0, 0.1) is 11.3 Å². The molecule has 1 saturated carbocycles. The van der Waals surface area contributed by atoms with Crippen LogP contribution in [0.5, 0.6) is 0 Å². The molecule has 1 aliphatic rings. The van der Waals surface area contributed by atoms with Crippen LogP contribution in [0.3, 0.4) is 0 Å². The second-order valence-electron chi connectivity index (χ2n) is 3.51. The van der Waals surface area contributed by atoms with Crippen LogP contribution in [0.25, 0.3) is 0 Å². The third-order valence-electron chi connectivity index (χ3n) is 2.47. The molecule has 1 rings (SSSR count). The van der Waals surface area contributed by atoms with Gasteiger partial charge < -0.3 is 0 Å². The highest BCUT2D eigenvalue weighted by molar-refractivity contribution is 7.90. The van der Waals surface area contributed by atoms with Gasteiger partial charge >= 0.3 is 0 Å². The normalized spacial score (nSPS) is 19.3. The van der Waals surface area contributed by atoms with E-state index in [4.69, 9.17) is 5.26 Å². The maximum absolute atomic E-state index is 11.9. The Balaban J connectivity index is 2.86. The van der Waals surface area contributed by atoms with Crippen molar-refractivity contribution in [3.63, 3.8) is 0 Å². The Morgan fingerprint density at radius 2 is 2.07 bits per heavy atom. The predicted molar refractivity (Wildman–Crippen MR) is 54.0 cm³/mol. The van der Waals surface area contributed by atoms with E-state index in [1.165, 1.54) is 4.31 Å². The summed E-state index contributed by atoms with van der Waals surface area (Å²) >= 11 is 0. The van der Waals surface area contributed by atoms with Gasteiger partial charge in [0.15, 0.2) is 5.25 Å². The third kappa shape index (κ3) is 2.07. The van der Waals surface area contributed by atoms with E-state index >= 15 is 0 Å². The van der Waals surface area contributed by atoms with Crippen molar-refractivity contribution in [2.24, 2.45) is 0 Å². The van der Waals surface area contributed by atoms with Crippen LogP contribution in [0.2, 0.25) is 0 Å². The SMILES string of the molecule is CCC(C#N)S(=O)(=O)N(CC)C1CC1. The van der Waals surface area contributed by atoms with Crippen molar-refractivity contribution in [2.45, 2.75) is 44.4 Å². The van der Waals surface area contributed by atoms with Crippen LogP contribution in [0.15, 0.2) is 0 Å². The van der Waals surface area contributed by atoms with Crippen molar-refractivity contribution in [3.05, 3.63) is 0 Å². The van der Waals surface area contributed by atoms with Gasteiger partial charge in [-0.2, -0.15) is 9.57 Å². The zero-order valence-corrected chi connectivity index (χ0v) is 9.42. The number of hydrogen-bond acceptors (Lipinski definition) is 3. The lowest BCUT2D eigenvalue weighted by atomic mass is 10.4. The molecule has 14 heavy (non-hydrogen) atoms. The maximum atomic E-state index is 11.9. The summed E-state index contributed by atoms with van der Waals surface area (Å²) < 4.78 is 25.3. The van der Waals surface area contributed by atoms with Gasteiger partial charge in [0.2, 0.25) is 10.0 Å². The molecule has 0 heterocycles. The highest BCUT2D eigenvalue weighted by Crippen LogP contribution is 2.30. The van der Waals surface area contributed by atoms with Crippen molar-refractivity contribution >= 4 is 10.0 Å².